The maximum atomic E-state index is 3.93. The van der Waals surface area contributed by atoms with Crippen molar-refractivity contribution in [3.05, 3.63) is 0 Å². The van der Waals surface area contributed by atoms with Crippen LogP contribution in [-0.4, -0.2) is 12.6 Å². The van der Waals surface area contributed by atoms with E-state index in [2.05, 4.69) is 5.32 Å². The van der Waals surface area contributed by atoms with E-state index in [4.69, 9.17) is 0 Å². The Morgan fingerprint density at radius 3 is 2.17 bits per heavy atom. The van der Waals surface area contributed by atoms with Crippen molar-refractivity contribution in [3.63, 3.8) is 0 Å². The summed E-state index contributed by atoms with van der Waals surface area (Å²) in [5, 5.41) is 3.93. The van der Waals surface area contributed by atoms with Crippen LogP contribution in [0.25, 0.3) is 0 Å². The fourth-order valence-corrected chi connectivity index (χ4v) is 4.81. The van der Waals surface area contributed by atoms with Gasteiger partial charge in [0, 0.05) is 6.04 Å². The number of nitrogens with one attached hydrogen (secondary N) is 1. The van der Waals surface area contributed by atoms with E-state index >= 15 is 0 Å². The largest absolute Gasteiger partial charge is 0.313 e. The van der Waals surface area contributed by atoms with Crippen LogP contribution in [0.2, 0.25) is 0 Å². The summed E-state index contributed by atoms with van der Waals surface area (Å²) in [6, 6.07) is 0.890. The lowest BCUT2D eigenvalue weighted by molar-refractivity contribution is 0.0224. The van der Waals surface area contributed by atoms with Crippen molar-refractivity contribution in [2.75, 3.05) is 6.54 Å². The first-order chi connectivity index (χ1) is 8.89. The first kappa shape index (κ1) is 13.0. The number of hydrogen-bond acceptors (Lipinski definition) is 1. The highest BCUT2D eigenvalue weighted by atomic mass is 15.0. The molecule has 0 aromatic carbocycles. The molecule has 0 heterocycles. The molecule has 0 bridgehead atoms. The summed E-state index contributed by atoms with van der Waals surface area (Å²) in [6.07, 6.45) is 19.5. The highest BCUT2D eigenvalue weighted by Crippen LogP contribution is 2.51. The van der Waals surface area contributed by atoms with Crippen LogP contribution >= 0.6 is 0 Å². The van der Waals surface area contributed by atoms with Gasteiger partial charge in [-0.1, -0.05) is 51.4 Å². The maximum Gasteiger partial charge on any atom is 0.0124 e. The summed E-state index contributed by atoms with van der Waals surface area (Å²) in [4.78, 5) is 0. The molecule has 0 aliphatic heterocycles. The lowest BCUT2D eigenvalue weighted by Crippen LogP contribution is -2.54. The third kappa shape index (κ3) is 2.76. The second-order valence-corrected chi connectivity index (χ2v) is 7.26. The third-order valence-corrected chi connectivity index (χ3v) is 6.19. The predicted molar refractivity (Wildman–Crippen MR) is 77.7 cm³/mol. The summed E-state index contributed by atoms with van der Waals surface area (Å²) in [5.41, 5.74) is 0.755. The summed E-state index contributed by atoms with van der Waals surface area (Å²) in [5.74, 6) is 1.05. The van der Waals surface area contributed by atoms with Crippen molar-refractivity contribution in [1.29, 1.82) is 0 Å². The molecular weight excluding hydrogens is 218 g/mol. The van der Waals surface area contributed by atoms with Crippen LogP contribution in [0.1, 0.15) is 83.5 Å². The van der Waals surface area contributed by atoms with E-state index in [9.17, 15) is 0 Å². The van der Waals surface area contributed by atoms with Crippen LogP contribution in [0.3, 0.4) is 0 Å². The standard InChI is InChI=1S/C17H31N/c1-3-7-15(8-4-1)10-14-18-16-9-13-17(16)11-5-2-6-12-17/h15-16,18H,1-14H2. The first-order valence-electron chi connectivity index (χ1n) is 8.62. The molecule has 18 heavy (non-hydrogen) atoms. The van der Waals surface area contributed by atoms with Crippen molar-refractivity contribution in [1.82, 2.24) is 5.32 Å². The molecule has 1 N–H and O–H groups in total. The van der Waals surface area contributed by atoms with Gasteiger partial charge in [0.05, 0.1) is 0 Å². The van der Waals surface area contributed by atoms with E-state index in [1.807, 2.05) is 0 Å². The third-order valence-electron chi connectivity index (χ3n) is 6.19. The van der Waals surface area contributed by atoms with E-state index in [0.717, 1.165) is 17.4 Å². The minimum Gasteiger partial charge on any atom is -0.313 e. The molecule has 3 aliphatic rings. The van der Waals surface area contributed by atoms with Gasteiger partial charge in [0.1, 0.15) is 0 Å². The molecule has 1 heteroatoms. The Labute approximate surface area is 113 Å². The Kier molecular flexibility index (Phi) is 4.28. The van der Waals surface area contributed by atoms with Crippen molar-refractivity contribution >= 4 is 0 Å². The van der Waals surface area contributed by atoms with E-state index < -0.39 is 0 Å². The molecule has 0 aromatic rings. The minimum atomic E-state index is 0.755. The number of hydrogen-bond donors (Lipinski definition) is 1. The molecule has 0 aromatic heterocycles. The molecule has 0 amide bonds. The highest BCUT2D eigenvalue weighted by molar-refractivity contribution is 5.01. The van der Waals surface area contributed by atoms with E-state index in [1.54, 1.807) is 0 Å². The van der Waals surface area contributed by atoms with E-state index in [0.29, 0.717) is 0 Å². The van der Waals surface area contributed by atoms with Crippen LogP contribution in [-0.2, 0) is 0 Å². The molecule has 3 aliphatic carbocycles. The van der Waals surface area contributed by atoms with Crippen molar-refractivity contribution in [2.45, 2.75) is 89.5 Å². The molecule has 104 valence electrons. The summed E-state index contributed by atoms with van der Waals surface area (Å²) >= 11 is 0. The molecule has 0 radical (unpaired) electrons. The van der Waals surface area contributed by atoms with Gasteiger partial charge in [-0.05, 0) is 50.0 Å². The summed E-state index contributed by atoms with van der Waals surface area (Å²) in [6.45, 7) is 1.30. The van der Waals surface area contributed by atoms with Gasteiger partial charge < -0.3 is 5.32 Å². The Balaban J connectivity index is 1.37. The topological polar surface area (TPSA) is 12.0 Å². The normalized spacial score (nSPS) is 32.3. The molecule has 1 spiro atoms. The van der Waals surface area contributed by atoms with Crippen molar-refractivity contribution in [3.8, 4) is 0 Å². The summed E-state index contributed by atoms with van der Waals surface area (Å²) < 4.78 is 0. The molecular formula is C17H31N. The van der Waals surface area contributed by atoms with Crippen LogP contribution < -0.4 is 5.32 Å². The van der Waals surface area contributed by atoms with Crippen molar-refractivity contribution < 1.29 is 0 Å². The molecule has 1 atom stereocenters. The molecule has 1 unspecified atom stereocenters. The average Bonchev–Trinajstić information content (AvgIpc) is 2.44. The van der Waals surface area contributed by atoms with Gasteiger partial charge in [-0.2, -0.15) is 0 Å². The Hall–Kier alpha value is -0.0400. The van der Waals surface area contributed by atoms with Gasteiger partial charge >= 0.3 is 0 Å². The van der Waals surface area contributed by atoms with Gasteiger partial charge in [0.15, 0.2) is 0 Å². The smallest absolute Gasteiger partial charge is 0.0124 e. The Morgan fingerprint density at radius 1 is 0.778 bits per heavy atom. The van der Waals surface area contributed by atoms with Gasteiger partial charge in [0.25, 0.3) is 0 Å². The quantitative estimate of drug-likeness (QED) is 0.764. The minimum absolute atomic E-state index is 0.755. The van der Waals surface area contributed by atoms with E-state index in [-0.39, 0.29) is 0 Å². The highest BCUT2D eigenvalue weighted by Gasteiger charge is 2.46. The second-order valence-electron chi connectivity index (χ2n) is 7.26. The average molecular weight is 249 g/mol. The zero-order valence-corrected chi connectivity index (χ0v) is 12.1. The zero-order chi connectivity index (χ0) is 12.3. The van der Waals surface area contributed by atoms with E-state index in [1.165, 1.54) is 90.0 Å². The molecule has 3 fully saturated rings. The lowest BCUT2D eigenvalue weighted by Gasteiger charge is -2.52. The van der Waals surface area contributed by atoms with Crippen LogP contribution in [0.15, 0.2) is 0 Å². The second kappa shape index (κ2) is 5.94. The van der Waals surface area contributed by atoms with Crippen molar-refractivity contribution in [2.24, 2.45) is 11.3 Å². The van der Waals surface area contributed by atoms with Crippen LogP contribution in [0.4, 0.5) is 0 Å². The number of rotatable bonds is 4. The Morgan fingerprint density at radius 2 is 1.50 bits per heavy atom. The Bertz CT molecular complexity index is 248. The molecule has 3 rings (SSSR count). The van der Waals surface area contributed by atoms with Gasteiger partial charge in [-0.25, -0.2) is 0 Å². The first-order valence-corrected chi connectivity index (χ1v) is 8.62. The van der Waals surface area contributed by atoms with Crippen LogP contribution in [0.5, 0.6) is 0 Å². The van der Waals surface area contributed by atoms with Gasteiger partial charge in [0.2, 0.25) is 0 Å². The van der Waals surface area contributed by atoms with Gasteiger partial charge in [-0.3, -0.25) is 0 Å². The lowest BCUT2D eigenvalue weighted by atomic mass is 9.57. The SMILES string of the molecule is C1CCC(CCNC2CCC23CCCCC3)CC1. The van der Waals surface area contributed by atoms with Gasteiger partial charge in [-0.15, -0.1) is 0 Å². The molecule has 1 nitrogen and oxygen atoms in total. The molecule has 3 saturated carbocycles. The monoisotopic (exact) mass is 249 g/mol. The fraction of sp³-hybridized carbons (Fsp3) is 1.00. The predicted octanol–water partition coefficient (Wildman–Crippen LogP) is 4.66. The van der Waals surface area contributed by atoms with Crippen LogP contribution in [0, 0.1) is 11.3 Å². The summed E-state index contributed by atoms with van der Waals surface area (Å²) in [7, 11) is 0. The fourth-order valence-electron chi connectivity index (χ4n) is 4.81. The maximum absolute atomic E-state index is 3.93. The zero-order valence-electron chi connectivity index (χ0n) is 12.1. The molecule has 0 saturated heterocycles.